The Morgan fingerprint density at radius 3 is 2.90 bits per heavy atom. The van der Waals surface area contributed by atoms with Gasteiger partial charge in [-0.1, -0.05) is 0 Å². The number of carbonyl (C=O) groups is 1. The zero-order valence-corrected chi connectivity index (χ0v) is 12.2. The van der Waals surface area contributed by atoms with E-state index in [4.69, 9.17) is 14.9 Å². The smallest absolute Gasteiger partial charge is 0.356 e. The molecule has 112 valence electrons. The first-order valence-electron chi connectivity index (χ1n) is 5.79. The quantitative estimate of drug-likeness (QED) is 0.775. The molecule has 1 aromatic rings. The Hall–Kier alpha value is -1.07. The molecule has 0 aliphatic carbocycles. The predicted octanol–water partition coefficient (Wildman–Crippen LogP) is -0.388. The summed E-state index contributed by atoms with van der Waals surface area (Å²) in [5.41, 5.74) is 0.707. The first-order chi connectivity index (χ1) is 9.36. The van der Waals surface area contributed by atoms with Gasteiger partial charge in [0, 0.05) is 13.1 Å². The fraction of sp³-hybridized carbons (Fsp3) is 0.600. The number of morpholine rings is 1. The van der Waals surface area contributed by atoms with Crippen molar-refractivity contribution in [2.24, 2.45) is 0 Å². The van der Waals surface area contributed by atoms with Gasteiger partial charge in [-0.2, -0.15) is 4.31 Å². The molecule has 10 heteroatoms. The van der Waals surface area contributed by atoms with Crippen molar-refractivity contribution in [2.45, 2.75) is 23.3 Å². The van der Waals surface area contributed by atoms with Gasteiger partial charge >= 0.3 is 5.97 Å². The summed E-state index contributed by atoms with van der Waals surface area (Å²) in [7, 11) is -3.95. The number of aliphatic hydroxyl groups excluding tert-OH is 1. The topological polar surface area (TPSA) is 117 Å². The molecule has 1 aliphatic rings. The Morgan fingerprint density at radius 1 is 1.60 bits per heavy atom. The highest BCUT2D eigenvalue weighted by molar-refractivity contribution is 7.91. The second-order valence-electron chi connectivity index (χ2n) is 4.37. The molecule has 0 aromatic carbocycles. The Balaban J connectivity index is 2.34. The summed E-state index contributed by atoms with van der Waals surface area (Å²) in [6.07, 6.45) is -0.994. The van der Waals surface area contributed by atoms with Crippen molar-refractivity contribution in [3.8, 4) is 0 Å². The Kier molecular flexibility index (Phi) is 4.39. The standard InChI is InChI=1S/C10H14N2O6S2/c1-6-2-12(3-7(4-13)18-6)20(16,17)10-8(9(14)15)11-5-19-10/h5-7,13H,2-4H2,1H3,(H,14,15). The molecule has 0 saturated carbocycles. The maximum Gasteiger partial charge on any atom is 0.356 e. The number of aromatic nitrogens is 1. The van der Waals surface area contributed by atoms with Crippen LogP contribution in [0.3, 0.4) is 0 Å². The average Bonchev–Trinajstić information content (AvgIpc) is 2.88. The van der Waals surface area contributed by atoms with Crippen LogP contribution in [0.15, 0.2) is 9.72 Å². The molecule has 0 amide bonds. The number of carboxylic acid groups (broad SMARTS) is 1. The fourth-order valence-corrected chi connectivity index (χ4v) is 4.80. The van der Waals surface area contributed by atoms with Crippen molar-refractivity contribution in [1.82, 2.24) is 9.29 Å². The van der Waals surface area contributed by atoms with Gasteiger partial charge in [0.25, 0.3) is 10.0 Å². The molecule has 1 saturated heterocycles. The molecule has 2 heterocycles. The van der Waals surface area contributed by atoms with Crippen molar-refractivity contribution in [2.75, 3.05) is 19.7 Å². The van der Waals surface area contributed by atoms with E-state index in [1.165, 1.54) is 5.51 Å². The highest BCUT2D eigenvalue weighted by Gasteiger charge is 2.37. The van der Waals surface area contributed by atoms with Crippen molar-refractivity contribution in [1.29, 1.82) is 0 Å². The van der Waals surface area contributed by atoms with Crippen LogP contribution in [-0.4, -0.2) is 65.8 Å². The summed E-state index contributed by atoms with van der Waals surface area (Å²) in [6.45, 7) is 1.48. The number of aromatic carboxylic acids is 1. The Labute approximate surface area is 119 Å². The van der Waals surface area contributed by atoms with Crippen molar-refractivity contribution >= 4 is 27.3 Å². The second kappa shape index (κ2) is 5.74. The molecule has 1 aliphatic heterocycles. The summed E-state index contributed by atoms with van der Waals surface area (Å²) in [5, 5.41) is 18.1. The third kappa shape index (κ3) is 2.83. The molecule has 8 nitrogen and oxygen atoms in total. The van der Waals surface area contributed by atoms with Gasteiger partial charge in [0.15, 0.2) is 9.90 Å². The van der Waals surface area contributed by atoms with E-state index in [2.05, 4.69) is 4.98 Å². The highest BCUT2D eigenvalue weighted by Crippen LogP contribution is 2.26. The van der Waals surface area contributed by atoms with Crippen LogP contribution in [0.4, 0.5) is 0 Å². The molecule has 2 N–H and O–H groups in total. The molecular weight excluding hydrogens is 308 g/mol. The van der Waals surface area contributed by atoms with E-state index < -0.39 is 27.8 Å². The van der Waals surface area contributed by atoms with E-state index in [1.54, 1.807) is 6.92 Å². The van der Waals surface area contributed by atoms with Crippen LogP contribution >= 0.6 is 11.3 Å². The number of thiazole rings is 1. The van der Waals surface area contributed by atoms with Crippen LogP contribution in [0, 0.1) is 0 Å². The molecule has 1 aromatic heterocycles. The number of hydrogen-bond donors (Lipinski definition) is 2. The first kappa shape index (κ1) is 15.3. The zero-order valence-electron chi connectivity index (χ0n) is 10.6. The van der Waals surface area contributed by atoms with Crippen LogP contribution in [-0.2, 0) is 14.8 Å². The van der Waals surface area contributed by atoms with Crippen LogP contribution in [0.2, 0.25) is 0 Å². The van der Waals surface area contributed by atoms with E-state index in [1.807, 2.05) is 0 Å². The third-order valence-electron chi connectivity index (χ3n) is 2.81. The minimum atomic E-state index is -3.95. The van der Waals surface area contributed by atoms with E-state index in [-0.39, 0.29) is 30.0 Å². The van der Waals surface area contributed by atoms with Crippen molar-refractivity contribution < 1.29 is 28.2 Å². The second-order valence-corrected chi connectivity index (χ2v) is 7.35. The Morgan fingerprint density at radius 2 is 2.30 bits per heavy atom. The van der Waals surface area contributed by atoms with Gasteiger partial charge < -0.3 is 14.9 Å². The summed E-state index contributed by atoms with van der Waals surface area (Å²) in [5.74, 6) is -1.38. The Bertz CT molecular complexity index is 599. The van der Waals surface area contributed by atoms with E-state index >= 15 is 0 Å². The number of carboxylic acids is 1. The average molecular weight is 322 g/mol. The minimum absolute atomic E-state index is 0.0138. The normalized spacial score (nSPS) is 24.7. The van der Waals surface area contributed by atoms with Gasteiger partial charge in [0.1, 0.15) is 0 Å². The van der Waals surface area contributed by atoms with Crippen LogP contribution in [0.1, 0.15) is 17.4 Å². The largest absolute Gasteiger partial charge is 0.476 e. The monoisotopic (exact) mass is 322 g/mol. The van der Waals surface area contributed by atoms with Gasteiger partial charge in [-0.15, -0.1) is 11.3 Å². The SMILES string of the molecule is CC1CN(S(=O)(=O)c2scnc2C(=O)O)CC(CO)O1. The van der Waals surface area contributed by atoms with E-state index in [0.717, 1.165) is 15.6 Å². The maximum absolute atomic E-state index is 12.5. The number of nitrogens with zero attached hydrogens (tertiary/aromatic N) is 2. The molecule has 2 atom stereocenters. The fourth-order valence-electron chi connectivity index (χ4n) is 1.98. The first-order valence-corrected chi connectivity index (χ1v) is 8.11. The lowest BCUT2D eigenvalue weighted by atomic mass is 10.2. The minimum Gasteiger partial charge on any atom is -0.476 e. The van der Waals surface area contributed by atoms with Gasteiger partial charge in [-0.3, -0.25) is 0 Å². The van der Waals surface area contributed by atoms with E-state index in [0.29, 0.717) is 0 Å². The third-order valence-corrected chi connectivity index (χ3v) is 5.99. The number of hydrogen-bond acceptors (Lipinski definition) is 7. The molecule has 0 spiro atoms. The van der Waals surface area contributed by atoms with Crippen LogP contribution in [0.25, 0.3) is 0 Å². The van der Waals surface area contributed by atoms with Gasteiger partial charge in [0.05, 0.1) is 24.3 Å². The van der Waals surface area contributed by atoms with Crippen molar-refractivity contribution in [3.05, 3.63) is 11.2 Å². The lowest BCUT2D eigenvalue weighted by Gasteiger charge is -2.34. The number of sulfonamides is 1. The number of rotatable bonds is 4. The summed E-state index contributed by atoms with van der Waals surface area (Å²) < 4.78 is 31.2. The van der Waals surface area contributed by atoms with Crippen LogP contribution < -0.4 is 0 Å². The lowest BCUT2D eigenvalue weighted by molar-refractivity contribution is -0.0750. The molecule has 2 unspecified atom stereocenters. The molecule has 2 rings (SSSR count). The highest BCUT2D eigenvalue weighted by atomic mass is 32.2. The molecule has 0 bridgehead atoms. The van der Waals surface area contributed by atoms with Crippen molar-refractivity contribution in [3.63, 3.8) is 0 Å². The van der Waals surface area contributed by atoms with E-state index in [9.17, 15) is 13.2 Å². The zero-order chi connectivity index (χ0) is 14.9. The summed E-state index contributed by atoms with van der Waals surface area (Å²) >= 11 is 0.764. The number of ether oxygens (including phenoxy) is 1. The maximum atomic E-state index is 12.5. The van der Waals surface area contributed by atoms with Crippen LogP contribution in [0.5, 0.6) is 0 Å². The molecule has 1 fully saturated rings. The molecular formula is C10H14N2O6S2. The summed E-state index contributed by atoms with van der Waals surface area (Å²) in [4.78, 5) is 14.6. The summed E-state index contributed by atoms with van der Waals surface area (Å²) in [6, 6.07) is 0. The predicted molar refractivity (Wildman–Crippen MR) is 69.3 cm³/mol. The lowest BCUT2D eigenvalue weighted by Crippen LogP contribution is -2.50. The molecule has 20 heavy (non-hydrogen) atoms. The number of aliphatic hydroxyl groups is 1. The van der Waals surface area contributed by atoms with Gasteiger partial charge in [0.2, 0.25) is 0 Å². The van der Waals surface area contributed by atoms with Gasteiger partial charge in [-0.05, 0) is 6.92 Å². The molecule has 0 radical (unpaired) electrons. The van der Waals surface area contributed by atoms with Gasteiger partial charge in [-0.25, -0.2) is 18.2 Å².